The second-order valence-corrected chi connectivity index (χ2v) is 5.37. The van der Waals surface area contributed by atoms with Gasteiger partial charge >= 0.3 is 0 Å². The number of nitrogens with two attached hydrogens (primary N) is 1. The van der Waals surface area contributed by atoms with Gasteiger partial charge in [-0.1, -0.05) is 12.8 Å². The van der Waals surface area contributed by atoms with Crippen molar-refractivity contribution >= 4 is 17.5 Å². The lowest BCUT2D eigenvalue weighted by Crippen LogP contribution is -2.33. The zero-order chi connectivity index (χ0) is 12.4. The van der Waals surface area contributed by atoms with E-state index in [-0.39, 0.29) is 0 Å². The maximum atomic E-state index is 5.52. The summed E-state index contributed by atoms with van der Waals surface area (Å²) in [5, 5.41) is 0. The first-order valence-corrected chi connectivity index (χ1v) is 6.68. The van der Waals surface area contributed by atoms with Crippen molar-refractivity contribution in [3.63, 3.8) is 0 Å². The first-order chi connectivity index (χ1) is 8.81. The number of aliphatic imine (C=N–C) groups is 2. The van der Waals surface area contributed by atoms with Crippen molar-refractivity contribution in [2.45, 2.75) is 38.1 Å². The van der Waals surface area contributed by atoms with Gasteiger partial charge < -0.3 is 5.73 Å². The minimum Gasteiger partial charge on any atom is -0.384 e. The monoisotopic (exact) mass is 242 g/mol. The Kier molecular flexibility index (Phi) is 3.11. The zero-order valence-electron chi connectivity index (χ0n) is 10.4. The first kappa shape index (κ1) is 11.4. The molecule has 1 atom stereocenters. The number of anilines is 1. The fourth-order valence-electron chi connectivity index (χ4n) is 3.13. The highest BCUT2D eigenvalue weighted by molar-refractivity contribution is 5.52. The Morgan fingerprint density at radius 3 is 2.67 bits per heavy atom. The van der Waals surface area contributed by atoms with Crippen molar-refractivity contribution in [1.82, 2.24) is 4.98 Å². The highest BCUT2D eigenvalue weighted by Gasteiger charge is 2.35. The van der Waals surface area contributed by atoms with Crippen LogP contribution < -0.4 is 5.73 Å². The van der Waals surface area contributed by atoms with Crippen LogP contribution in [-0.2, 0) is 0 Å². The molecule has 2 N–H and O–H groups in total. The van der Waals surface area contributed by atoms with E-state index in [0.717, 1.165) is 17.5 Å². The van der Waals surface area contributed by atoms with Gasteiger partial charge in [-0.3, -0.25) is 0 Å². The number of pyridine rings is 1. The van der Waals surface area contributed by atoms with Gasteiger partial charge in [-0.25, -0.2) is 9.98 Å². The van der Waals surface area contributed by atoms with E-state index in [4.69, 9.17) is 5.73 Å². The van der Waals surface area contributed by atoms with Crippen molar-refractivity contribution in [2.24, 2.45) is 21.8 Å². The molecule has 1 heterocycles. The topological polar surface area (TPSA) is 63.6 Å². The average Bonchev–Trinajstić information content (AvgIpc) is 2.42. The molecule has 2 bridgehead atoms. The lowest BCUT2D eigenvalue weighted by molar-refractivity contribution is 0.149. The van der Waals surface area contributed by atoms with Crippen molar-refractivity contribution in [1.29, 1.82) is 0 Å². The number of nitrogens with zero attached hydrogens (tertiary/aromatic N) is 3. The van der Waals surface area contributed by atoms with Gasteiger partial charge in [-0.2, -0.15) is 4.99 Å². The SMILES string of the molecule is Nc1ccc(N=C=NC2CC3CCC2CC3)cn1. The number of aromatic nitrogens is 1. The van der Waals surface area contributed by atoms with Crippen molar-refractivity contribution in [3.8, 4) is 0 Å². The smallest absolute Gasteiger partial charge is 0.123 e. The number of fused-ring (bicyclic) bond motifs is 3. The molecule has 4 rings (SSSR count). The molecule has 4 nitrogen and oxygen atoms in total. The normalized spacial score (nSPS) is 29.7. The third kappa shape index (κ3) is 2.44. The second kappa shape index (κ2) is 4.91. The van der Waals surface area contributed by atoms with E-state index < -0.39 is 0 Å². The Bertz CT molecular complexity index is 465. The van der Waals surface area contributed by atoms with Gasteiger partial charge in [-0.15, -0.1) is 0 Å². The molecule has 4 heteroatoms. The van der Waals surface area contributed by atoms with E-state index in [2.05, 4.69) is 21.0 Å². The number of rotatable bonds is 2. The van der Waals surface area contributed by atoms with Gasteiger partial charge in [0.15, 0.2) is 0 Å². The number of hydrogen-bond donors (Lipinski definition) is 1. The van der Waals surface area contributed by atoms with E-state index >= 15 is 0 Å². The molecule has 3 aliphatic carbocycles. The third-order valence-corrected chi connectivity index (χ3v) is 4.18. The molecule has 0 radical (unpaired) electrons. The molecular formula is C14H18N4. The molecule has 0 saturated heterocycles. The Morgan fingerprint density at radius 1 is 1.22 bits per heavy atom. The van der Waals surface area contributed by atoms with Crippen LogP contribution in [0.4, 0.5) is 11.5 Å². The minimum absolute atomic E-state index is 0.447. The summed E-state index contributed by atoms with van der Waals surface area (Å²) in [6.07, 6.45) is 8.34. The van der Waals surface area contributed by atoms with E-state index in [1.165, 1.54) is 32.1 Å². The molecule has 18 heavy (non-hydrogen) atoms. The molecule has 1 unspecified atom stereocenters. The molecule has 1 aromatic rings. The van der Waals surface area contributed by atoms with Crippen LogP contribution in [0.1, 0.15) is 32.1 Å². The van der Waals surface area contributed by atoms with E-state index in [1.807, 2.05) is 6.07 Å². The minimum atomic E-state index is 0.447. The third-order valence-electron chi connectivity index (χ3n) is 4.18. The van der Waals surface area contributed by atoms with Crippen LogP contribution in [0.2, 0.25) is 0 Å². The molecular weight excluding hydrogens is 224 g/mol. The van der Waals surface area contributed by atoms with Crippen molar-refractivity contribution in [3.05, 3.63) is 18.3 Å². The summed E-state index contributed by atoms with van der Waals surface area (Å²) in [4.78, 5) is 12.7. The highest BCUT2D eigenvalue weighted by Crippen LogP contribution is 2.42. The fraction of sp³-hybridized carbons (Fsp3) is 0.571. The van der Waals surface area contributed by atoms with Gasteiger partial charge in [-0.05, 0) is 43.2 Å². The summed E-state index contributed by atoms with van der Waals surface area (Å²) >= 11 is 0. The van der Waals surface area contributed by atoms with Crippen LogP contribution in [0, 0.1) is 11.8 Å². The van der Waals surface area contributed by atoms with Crippen LogP contribution in [-0.4, -0.2) is 17.0 Å². The molecule has 0 spiro atoms. The average molecular weight is 242 g/mol. The van der Waals surface area contributed by atoms with E-state index in [9.17, 15) is 0 Å². The largest absolute Gasteiger partial charge is 0.384 e. The Morgan fingerprint density at radius 2 is 2.06 bits per heavy atom. The maximum Gasteiger partial charge on any atom is 0.123 e. The van der Waals surface area contributed by atoms with Crippen molar-refractivity contribution in [2.75, 3.05) is 5.73 Å². The number of nitrogen functional groups attached to an aromatic ring is 1. The van der Waals surface area contributed by atoms with Gasteiger partial charge in [0, 0.05) is 0 Å². The Labute approximate surface area is 107 Å². The quantitative estimate of drug-likeness (QED) is 0.810. The first-order valence-electron chi connectivity index (χ1n) is 6.68. The van der Waals surface area contributed by atoms with Crippen LogP contribution >= 0.6 is 0 Å². The molecule has 3 aliphatic rings. The highest BCUT2D eigenvalue weighted by atomic mass is 14.9. The molecule has 3 saturated carbocycles. The van der Waals surface area contributed by atoms with Gasteiger partial charge in [0.1, 0.15) is 5.82 Å². The molecule has 0 amide bonds. The summed E-state index contributed by atoms with van der Waals surface area (Å²) in [5.74, 6) is 2.17. The summed E-state index contributed by atoms with van der Waals surface area (Å²) in [6.45, 7) is 0. The molecule has 3 fully saturated rings. The summed E-state index contributed by atoms with van der Waals surface area (Å²) in [6, 6.07) is 6.86. The number of hydrogen-bond acceptors (Lipinski definition) is 4. The van der Waals surface area contributed by atoms with Gasteiger partial charge in [0.2, 0.25) is 0 Å². The van der Waals surface area contributed by atoms with Crippen LogP contribution in [0.15, 0.2) is 28.3 Å². The molecule has 0 aliphatic heterocycles. The van der Waals surface area contributed by atoms with Crippen molar-refractivity contribution < 1.29 is 0 Å². The predicted molar refractivity (Wildman–Crippen MR) is 72.0 cm³/mol. The summed E-state index contributed by atoms with van der Waals surface area (Å²) in [5.41, 5.74) is 6.27. The summed E-state index contributed by atoms with van der Waals surface area (Å²) in [7, 11) is 0. The van der Waals surface area contributed by atoms with Gasteiger partial charge in [0.25, 0.3) is 0 Å². The molecule has 0 aromatic carbocycles. The van der Waals surface area contributed by atoms with Gasteiger partial charge in [0.05, 0.1) is 23.9 Å². The predicted octanol–water partition coefficient (Wildman–Crippen LogP) is 3.05. The van der Waals surface area contributed by atoms with Crippen LogP contribution in [0.3, 0.4) is 0 Å². The second-order valence-electron chi connectivity index (χ2n) is 5.37. The standard InChI is InChI=1S/C14H18N4/c15-14-6-5-12(8-16-14)17-9-18-13-7-10-1-3-11(13)4-2-10/h5-6,8,10-11,13H,1-4,7H2,(H2,15,16). The summed E-state index contributed by atoms with van der Waals surface area (Å²) < 4.78 is 0. The maximum absolute atomic E-state index is 5.52. The molecule has 1 aromatic heterocycles. The Hall–Kier alpha value is -1.67. The van der Waals surface area contributed by atoms with E-state index in [1.54, 1.807) is 12.3 Å². The van der Waals surface area contributed by atoms with E-state index in [0.29, 0.717) is 11.9 Å². The Balaban J connectivity index is 1.68. The lowest BCUT2D eigenvalue weighted by atomic mass is 9.68. The fourth-order valence-corrected chi connectivity index (χ4v) is 3.13. The zero-order valence-corrected chi connectivity index (χ0v) is 10.4. The molecule has 94 valence electrons. The van der Waals surface area contributed by atoms with Crippen LogP contribution in [0.5, 0.6) is 0 Å². The van der Waals surface area contributed by atoms with Crippen LogP contribution in [0.25, 0.3) is 0 Å². The lowest BCUT2D eigenvalue weighted by Gasteiger charge is -2.39.